The highest BCUT2D eigenvalue weighted by atomic mass is 16.2. The monoisotopic (exact) mass is 394 g/mol. The summed E-state index contributed by atoms with van der Waals surface area (Å²) in [4.78, 5) is 14.9. The summed E-state index contributed by atoms with van der Waals surface area (Å²) in [7, 11) is 0. The first kappa shape index (κ1) is 23.0. The predicted molar refractivity (Wildman–Crippen MR) is 124 cm³/mol. The van der Waals surface area contributed by atoms with E-state index in [1.807, 2.05) is 36.1 Å². The third-order valence-electron chi connectivity index (χ3n) is 5.30. The molecule has 0 saturated carbocycles. The van der Waals surface area contributed by atoms with E-state index in [2.05, 4.69) is 43.4 Å². The molecule has 2 rings (SSSR count). The van der Waals surface area contributed by atoms with Gasteiger partial charge >= 0.3 is 6.03 Å². The Balaban J connectivity index is 2.00. The number of urea groups is 1. The van der Waals surface area contributed by atoms with E-state index in [0.717, 1.165) is 30.6 Å². The van der Waals surface area contributed by atoms with Gasteiger partial charge in [-0.3, -0.25) is 0 Å². The molecule has 0 aromatic heterocycles. The number of carbonyl (C=O) groups is 1. The molecule has 2 aromatic carbocycles. The van der Waals surface area contributed by atoms with Crippen molar-refractivity contribution < 1.29 is 4.79 Å². The largest absolute Gasteiger partial charge is 0.322 e. The standard InChI is InChI=1S/C26H38N2O/c1-4-6-8-9-10-19-28(26(29)27-25-14-11-12-22(3)20-25)21-24-17-15-23(16-18-24)13-7-5-2/h11-12,14-18,20H,4-10,13,19,21H2,1-3H3,(H,27,29). The molecule has 158 valence electrons. The minimum atomic E-state index is -0.0128. The lowest BCUT2D eigenvalue weighted by Crippen LogP contribution is -2.35. The van der Waals surface area contributed by atoms with Gasteiger partial charge in [-0.15, -0.1) is 0 Å². The molecular weight excluding hydrogens is 356 g/mol. The van der Waals surface area contributed by atoms with Crippen LogP contribution in [0.25, 0.3) is 0 Å². The summed E-state index contributed by atoms with van der Waals surface area (Å²) < 4.78 is 0. The van der Waals surface area contributed by atoms with E-state index >= 15 is 0 Å². The highest BCUT2D eigenvalue weighted by Gasteiger charge is 2.14. The maximum Gasteiger partial charge on any atom is 0.322 e. The van der Waals surface area contributed by atoms with Crippen molar-refractivity contribution in [3.05, 3.63) is 65.2 Å². The molecule has 2 amide bonds. The fourth-order valence-electron chi connectivity index (χ4n) is 3.50. The number of aryl methyl sites for hydroxylation is 2. The summed E-state index contributed by atoms with van der Waals surface area (Å²) in [6.07, 6.45) is 9.56. The van der Waals surface area contributed by atoms with E-state index in [1.54, 1.807) is 0 Å². The molecule has 0 radical (unpaired) electrons. The zero-order valence-electron chi connectivity index (χ0n) is 18.5. The molecule has 1 N–H and O–H groups in total. The summed E-state index contributed by atoms with van der Waals surface area (Å²) in [5.41, 5.74) is 4.58. The minimum Gasteiger partial charge on any atom is -0.320 e. The van der Waals surface area contributed by atoms with Crippen LogP contribution in [0.5, 0.6) is 0 Å². The van der Waals surface area contributed by atoms with Crippen molar-refractivity contribution >= 4 is 11.7 Å². The number of unbranched alkanes of at least 4 members (excludes halogenated alkanes) is 5. The number of hydrogen-bond donors (Lipinski definition) is 1. The van der Waals surface area contributed by atoms with Crippen LogP contribution in [-0.4, -0.2) is 17.5 Å². The van der Waals surface area contributed by atoms with Crippen molar-refractivity contribution in [1.29, 1.82) is 0 Å². The summed E-state index contributed by atoms with van der Waals surface area (Å²) >= 11 is 0. The van der Waals surface area contributed by atoms with Gasteiger partial charge in [0.2, 0.25) is 0 Å². The number of amides is 2. The fraction of sp³-hybridized carbons (Fsp3) is 0.500. The van der Waals surface area contributed by atoms with Crippen LogP contribution in [0, 0.1) is 6.92 Å². The van der Waals surface area contributed by atoms with Crippen LogP contribution in [0.1, 0.15) is 75.5 Å². The third-order valence-corrected chi connectivity index (χ3v) is 5.30. The van der Waals surface area contributed by atoms with E-state index in [0.29, 0.717) is 6.54 Å². The number of nitrogens with zero attached hydrogens (tertiary/aromatic N) is 1. The zero-order chi connectivity index (χ0) is 20.9. The van der Waals surface area contributed by atoms with Crippen molar-refractivity contribution in [1.82, 2.24) is 4.90 Å². The number of nitrogens with one attached hydrogen (secondary N) is 1. The van der Waals surface area contributed by atoms with Crippen molar-refractivity contribution in [3.63, 3.8) is 0 Å². The molecule has 0 fully saturated rings. The topological polar surface area (TPSA) is 32.3 Å². The Hall–Kier alpha value is -2.29. The van der Waals surface area contributed by atoms with Gasteiger partial charge in [-0.1, -0.05) is 82.3 Å². The molecule has 0 spiro atoms. The number of rotatable bonds is 12. The second kappa shape index (κ2) is 13.0. The number of hydrogen-bond acceptors (Lipinski definition) is 1. The Morgan fingerprint density at radius 2 is 1.55 bits per heavy atom. The minimum absolute atomic E-state index is 0.0128. The average Bonchev–Trinajstić information content (AvgIpc) is 2.72. The van der Waals surface area contributed by atoms with E-state index in [4.69, 9.17) is 0 Å². The van der Waals surface area contributed by atoms with Crippen molar-refractivity contribution in [2.24, 2.45) is 0 Å². The molecule has 0 bridgehead atoms. The van der Waals surface area contributed by atoms with Crippen LogP contribution in [0.15, 0.2) is 48.5 Å². The molecule has 0 aliphatic rings. The van der Waals surface area contributed by atoms with Crippen LogP contribution >= 0.6 is 0 Å². The highest BCUT2D eigenvalue weighted by molar-refractivity contribution is 5.89. The average molecular weight is 395 g/mol. The zero-order valence-corrected chi connectivity index (χ0v) is 18.5. The second-order valence-corrected chi connectivity index (χ2v) is 8.06. The fourth-order valence-corrected chi connectivity index (χ4v) is 3.50. The van der Waals surface area contributed by atoms with Gasteiger partial charge in [0.05, 0.1) is 0 Å². The van der Waals surface area contributed by atoms with Crippen LogP contribution in [0.2, 0.25) is 0 Å². The Labute approximate surface area is 177 Å². The first-order valence-electron chi connectivity index (χ1n) is 11.3. The summed E-state index contributed by atoms with van der Waals surface area (Å²) in [5.74, 6) is 0. The molecule has 0 heterocycles. The molecule has 0 aliphatic heterocycles. The number of carbonyl (C=O) groups excluding carboxylic acids is 1. The summed E-state index contributed by atoms with van der Waals surface area (Å²) in [6, 6.07) is 16.7. The quantitative estimate of drug-likeness (QED) is 0.375. The molecule has 0 aliphatic carbocycles. The van der Waals surface area contributed by atoms with Gasteiger partial charge in [-0.25, -0.2) is 4.79 Å². The van der Waals surface area contributed by atoms with Gasteiger partial charge in [0, 0.05) is 18.8 Å². The third kappa shape index (κ3) is 8.72. The van der Waals surface area contributed by atoms with Crippen molar-refractivity contribution in [3.8, 4) is 0 Å². The Morgan fingerprint density at radius 1 is 0.862 bits per heavy atom. The van der Waals surface area contributed by atoms with Crippen LogP contribution in [0.3, 0.4) is 0 Å². The molecule has 3 heteroatoms. The Bertz CT molecular complexity index is 724. The Kier molecular flexibility index (Phi) is 10.3. The van der Waals surface area contributed by atoms with E-state index < -0.39 is 0 Å². The summed E-state index contributed by atoms with van der Waals surface area (Å²) in [5, 5.41) is 3.08. The van der Waals surface area contributed by atoms with E-state index in [-0.39, 0.29) is 6.03 Å². The van der Waals surface area contributed by atoms with Crippen molar-refractivity contribution in [2.75, 3.05) is 11.9 Å². The number of anilines is 1. The molecule has 3 nitrogen and oxygen atoms in total. The predicted octanol–water partition coefficient (Wildman–Crippen LogP) is 7.34. The molecule has 0 atom stereocenters. The lowest BCUT2D eigenvalue weighted by atomic mass is 10.1. The van der Waals surface area contributed by atoms with E-state index in [1.165, 1.54) is 49.7 Å². The van der Waals surface area contributed by atoms with Gasteiger partial charge < -0.3 is 10.2 Å². The lowest BCUT2D eigenvalue weighted by Gasteiger charge is -2.23. The second-order valence-electron chi connectivity index (χ2n) is 8.06. The van der Waals surface area contributed by atoms with Gasteiger partial charge in [0.15, 0.2) is 0 Å². The maximum atomic E-state index is 13.0. The smallest absolute Gasteiger partial charge is 0.320 e. The first-order chi connectivity index (χ1) is 14.1. The summed E-state index contributed by atoms with van der Waals surface area (Å²) in [6.45, 7) is 7.94. The maximum absolute atomic E-state index is 13.0. The SMILES string of the molecule is CCCCCCCN(Cc1ccc(CCCC)cc1)C(=O)Nc1cccc(C)c1. The van der Waals surface area contributed by atoms with Crippen LogP contribution in [0.4, 0.5) is 10.5 Å². The normalized spacial score (nSPS) is 10.7. The van der Waals surface area contributed by atoms with Crippen LogP contribution < -0.4 is 5.32 Å². The van der Waals surface area contributed by atoms with Gasteiger partial charge in [0.1, 0.15) is 0 Å². The van der Waals surface area contributed by atoms with Crippen LogP contribution in [-0.2, 0) is 13.0 Å². The molecule has 2 aromatic rings. The van der Waals surface area contributed by atoms with E-state index in [9.17, 15) is 4.79 Å². The molecule has 0 unspecified atom stereocenters. The molecule has 0 saturated heterocycles. The highest BCUT2D eigenvalue weighted by Crippen LogP contribution is 2.15. The lowest BCUT2D eigenvalue weighted by molar-refractivity contribution is 0.207. The van der Waals surface area contributed by atoms with Gasteiger partial charge in [-0.2, -0.15) is 0 Å². The van der Waals surface area contributed by atoms with Gasteiger partial charge in [0.25, 0.3) is 0 Å². The van der Waals surface area contributed by atoms with Crippen molar-refractivity contribution in [2.45, 2.75) is 78.7 Å². The number of benzene rings is 2. The Morgan fingerprint density at radius 3 is 2.24 bits per heavy atom. The molecular formula is C26H38N2O. The van der Waals surface area contributed by atoms with Gasteiger partial charge in [-0.05, 0) is 55.0 Å². The molecule has 29 heavy (non-hydrogen) atoms. The first-order valence-corrected chi connectivity index (χ1v) is 11.3.